The molecule has 1 aromatic carbocycles. The Hall–Kier alpha value is -0.940. The van der Waals surface area contributed by atoms with Gasteiger partial charge in [-0.2, -0.15) is 0 Å². The zero-order valence-electron chi connectivity index (χ0n) is 10.7. The topological polar surface area (TPSA) is 58.2 Å². The summed E-state index contributed by atoms with van der Waals surface area (Å²) in [5.74, 6) is 0. The van der Waals surface area contributed by atoms with Crippen LogP contribution in [0, 0.1) is 0 Å². The van der Waals surface area contributed by atoms with Crippen LogP contribution in [0.2, 0.25) is 5.02 Å². The van der Waals surface area contributed by atoms with E-state index < -0.39 is 10.0 Å². The van der Waals surface area contributed by atoms with E-state index in [1.807, 2.05) is 6.07 Å². The summed E-state index contributed by atoms with van der Waals surface area (Å²) in [5, 5.41) is 3.64. The second kappa shape index (κ2) is 6.85. The van der Waals surface area contributed by atoms with Crippen LogP contribution < -0.4 is 10.0 Å². The van der Waals surface area contributed by atoms with Gasteiger partial charge in [-0.1, -0.05) is 31.4 Å². The van der Waals surface area contributed by atoms with Crippen LogP contribution in [-0.2, 0) is 10.0 Å². The summed E-state index contributed by atoms with van der Waals surface area (Å²) >= 11 is 6.01. The molecule has 0 bridgehead atoms. The van der Waals surface area contributed by atoms with E-state index in [1.54, 1.807) is 12.1 Å². The number of nitrogens with one attached hydrogen (secondary N) is 2. The van der Waals surface area contributed by atoms with Crippen molar-refractivity contribution in [3.63, 3.8) is 0 Å². The van der Waals surface area contributed by atoms with Gasteiger partial charge in [-0.15, -0.1) is 0 Å². The lowest BCUT2D eigenvalue weighted by atomic mass is 10.2. The Labute approximate surface area is 114 Å². The fourth-order valence-electron chi connectivity index (χ4n) is 1.52. The third kappa shape index (κ3) is 5.60. The van der Waals surface area contributed by atoms with Crippen molar-refractivity contribution in [1.29, 1.82) is 0 Å². The van der Waals surface area contributed by atoms with Crippen molar-refractivity contribution in [1.82, 2.24) is 0 Å². The number of benzene rings is 1. The molecule has 0 spiro atoms. The minimum Gasteiger partial charge on any atom is -0.385 e. The molecule has 6 heteroatoms. The van der Waals surface area contributed by atoms with Crippen LogP contribution in [0.1, 0.15) is 26.2 Å². The fourth-order valence-corrected chi connectivity index (χ4v) is 2.38. The highest BCUT2D eigenvalue weighted by atomic mass is 35.5. The highest BCUT2D eigenvalue weighted by Gasteiger charge is 2.06. The monoisotopic (exact) mass is 290 g/mol. The van der Waals surface area contributed by atoms with Crippen LogP contribution in [0.25, 0.3) is 0 Å². The molecule has 4 nitrogen and oxygen atoms in total. The van der Waals surface area contributed by atoms with E-state index in [-0.39, 0.29) is 0 Å². The van der Waals surface area contributed by atoms with E-state index in [2.05, 4.69) is 17.0 Å². The van der Waals surface area contributed by atoms with E-state index in [0.717, 1.165) is 24.9 Å². The highest BCUT2D eigenvalue weighted by Crippen LogP contribution is 2.26. The number of anilines is 2. The predicted octanol–water partition coefficient (Wildman–Crippen LogP) is 3.31. The molecule has 0 aliphatic heterocycles. The lowest BCUT2D eigenvalue weighted by Crippen LogP contribution is -2.10. The number of hydrogen-bond donors (Lipinski definition) is 2. The van der Waals surface area contributed by atoms with Crippen molar-refractivity contribution >= 4 is 33.0 Å². The fraction of sp³-hybridized carbons (Fsp3) is 0.500. The van der Waals surface area contributed by atoms with Crippen molar-refractivity contribution in [2.24, 2.45) is 0 Å². The summed E-state index contributed by atoms with van der Waals surface area (Å²) < 4.78 is 24.6. The molecule has 0 fully saturated rings. The minimum absolute atomic E-state index is 0.390. The van der Waals surface area contributed by atoms with E-state index in [9.17, 15) is 8.42 Å². The quantitative estimate of drug-likeness (QED) is 0.758. The van der Waals surface area contributed by atoms with Crippen LogP contribution in [0.3, 0.4) is 0 Å². The van der Waals surface area contributed by atoms with Crippen LogP contribution in [0.5, 0.6) is 0 Å². The molecule has 0 saturated heterocycles. The maximum absolute atomic E-state index is 11.1. The molecule has 0 amide bonds. The summed E-state index contributed by atoms with van der Waals surface area (Å²) in [4.78, 5) is 0. The van der Waals surface area contributed by atoms with Crippen LogP contribution in [0.15, 0.2) is 18.2 Å². The molecule has 0 atom stereocenters. The predicted molar refractivity (Wildman–Crippen MR) is 77.9 cm³/mol. The first-order chi connectivity index (χ1) is 8.42. The van der Waals surface area contributed by atoms with E-state index >= 15 is 0 Å². The Morgan fingerprint density at radius 3 is 2.56 bits per heavy atom. The van der Waals surface area contributed by atoms with Gasteiger partial charge in [0, 0.05) is 12.2 Å². The molecule has 0 aliphatic rings. The maximum atomic E-state index is 11.1. The van der Waals surface area contributed by atoms with Gasteiger partial charge >= 0.3 is 0 Å². The van der Waals surface area contributed by atoms with Crippen molar-refractivity contribution in [2.45, 2.75) is 26.2 Å². The van der Waals surface area contributed by atoms with Crippen LogP contribution in [0.4, 0.5) is 11.4 Å². The lowest BCUT2D eigenvalue weighted by Gasteiger charge is -2.10. The van der Waals surface area contributed by atoms with Gasteiger partial charge in [0.1, 0.15) is 0 Å². The summed E-state index contributed by atoms with van der Waals surface area (Å²) in [7, 11) is -3.29. The molecule has 0 saturated carbocycles. The third-order valence-corrected chi connectivity index (χ3v) is 3.28. The Morgan fingerprint density at radius 2 is 2.00 bits per heavy atom. The Morgan fingerprint density at radius 1 is 1.28 bits per heavy atom. The molecule has 2 N–H and O–H groups in total. The molecule has 0 aliphatic carbocycles. The van der Waals surface area contributed by atoms with Gasteiger partial charge in [0.15, 0.2) is 0 Å². The number of rotatable bonds is 7. The van der Waals surface area contributed by atoms with Gasteiger partial charge in [0.05, 0.1) is 17.0 Å². The van der Waals surface area contributed by atoms with Gasteiger partial charge in [-0.25, -0.2) is 8.42 Å². The smallest absolute Gasteiger partial charge is 0.229 e. The van der Waals surface area contributed by atoms with E-state index in [4.69, 9.17) is 11.6 Å². The summed E-state index contributed by atoms with van der Waals surface area (Å²) in [6, 6.07) is 5.19. The third-order valence-electron chi connectivity index (χ3n) is 2.37. The van der Waals surface area contributed by atoms with Gasteiger partial charge in [-0.05, 0) is 24.6 Å². The Balaban J connectivity index is 2.62. The number of sulfonamides is 1. The molecule has 1 rings (SSSR count). The largest absolute Gasteiger partial charge is 0.385 e. The number of hydrogen-bond acceptors (Lipinski definition) is 3. The summed E-state index contributed by atoms with van der Waals surface area (Å²) in [6.07, 6.45) is 4.58. The minimum atomic E-state index is -3.29. The highest BCUT2D eigenvalue weighted by molar-refractivity contribution is 7.92. The number of halogens is 1. The van der Waals surface area contributed by atoms with Crippen LogP contribution >= 0.6 is 11.6 Å². The first-order valence-electron chi connectivity index (χ1n) is 5.93. The van der Waals surface area contributed by atoms with Crippen molar-refractivity contribution in [2.75, 3.05) is 22.8 Å². The van der Waals surface area contributed by atoms with E-state index in [0.29, 0.717) is 10.7 Å². The SMILES string of the molecule is CCCCCNc1ccc(NS(C)(=O)=O)c(Cl)c1. The molecule has 18 heavy (non-hydrogen) atoms. The Bertz CT molecular complexity index is 489. The average molecular weight is 291 g/mol. The van der Waals surface area contributed by atoms with Gasteiger partial charge in [0.2, 0.25) is 10.0 Å². The molecule has 1 aromatic rings. The average Bonchev–Trinajstić information content (AvgIpc) is 2.26. The number of unbranched alkanes of at least 4 members (excludes halogenated alkanes) is 2. The standard InChI is InChI=1S/C12H19ClN2O2S/c1-3-4-5-8-14-10-6-7-12(11(13)9-10)15-18(2,16)17/h6-7,9,14-15H,3-5,8H2,1-2H3. The summed E-state index contributed by atoms with van der Waals surface area (Å²) in [5.41, 5.74) is 1.30. The first-order valence-corrected chi connectivity index (χ1v) is 8.20. The van der Waals surface area contributed by atoms with Gasteiger partial charge in [0.25, 0.3) is 0 Å². The van der Waals surface area contributed by atoms with Crippen molar-refractivity contribution < 1.29 is 8.42 Å². The molecule has 0 unspecified atom stereocenters. The second-order valence-electron chi connectivity index (χ2n) is 4.20. The summed E-state index contributed by atoms with van der Waals surface area (Å²) in [6.45, 7) is 3.05. The van der Waals surface area contributed by atoms with Crippen molar-refractivity contribution in [3.8, 4) is 0 Å². The lowest BCUT2D eigenvalue weighted by molar-refractivity contribution is 0.607. The van der Waals surface area contributed by atoms with E-state index in [1.165, 1.54) is 12.8 Å². The molecular formula is C12H19ClN2O2S. The Kier molecular flexibility index (Phi) is 5.75. The molecule has 102 valence electrons. The molecule has 0 radical (unpaired) electrons. The first kappa shape index (κ1) is 15.1. The van der Waals surface area contributed by atoms with Crippen LogP contribution in [-0.4, -0.2) is 21.2 Å². The van der Waals surface area contributed by atoms with Crippen molar-refractivity contribution in [3.05, 3.63) is 23.2 Å². The molecule has 0 heterocycles. The zero-order chi connectivity index (χ0) is 13.6. The second-order valence-corrected chi connectivity index (χ2v) is 6.36. The molecule has 0 aromatic heterocycles. The van der Waals surface area contributed by atoms with Gasteiger partial charge in [-0.3, -0.25) is 4.72 Å². The maximum Gasteiger partial charge on any atom is 0.229 e. The molecular weight excluding hydrogens is 272 g/mol. The normalized spacial score (nSPS) is 11.3. The zero-order valence-corrected chi connectivity index (χ0v) is 12.2. The van der Waals surface area contributed by atoms with Gasteiger partial charge < -0.3 is 5.32 Å².